The number of nitrogens with zero attached hydrogens (tertiary/aromatic N) is 3. The number of nitrogens with two attached hydrogens (primary N) is 1. The summed E-state index contributed by atoms with van der Waals surface area (Å²) in [6, 6.07) is 10.0. The smallest absolute Gasteiger partial charge is 0.335 e. The van der Waals surface area contributed by atoms with Crippen LogP contribution in [-0.4, -0.2) is 32.9 Å². The lowest BCUT2D eigenvalue weighted by atomic mass is 9.98. The zero-order valence-corrected chi connectivity index (χ0v) is 22.6. The fourth-order valence-electron chi connectivity index (χ4n) is 5.80. The van der Waals surface area contributed by atoms with Crippen molar-refractivity contribution in [3.63, 3.8) is 0 Å². The molecule has 0 saturated heterocycles. The molecule has 12 heteroatoms. The maximum atomic E-state index is 13.0. The molecule has 1 aliphatic carbocycles. The van der Waals surface area contributed by atoms with E-state index in [0.717, 1.165) is 34.1 Å². The Kier molecular flexibility index (Phi) is 6.52. The predicted octanol–water partition coefficient (Wildman–Crippen LogP) is 1.53. The fourth-order valence-corrected chi connectivity index (χ4v) is 5.80. The molecule has 0 spiro atoms. The third-order valence-corrected chi connectivity index (χ3v) is 8.04. The first kappa shape index (κ1) is 26.8. The number of hydrogen-bond acceptors (Lipinski definition) is 9. The van der Waals surface area contributed by atoms with Crippen LogP contribution in [0.2, 0.25) is 0 Å². The molecule has 1 atom stereocenters. The zero-order valence-electron chi connectivity index (χ0n) is 22.6. The number of anilines is 2. The summed E-state index contributed by atoms with van der Waals surface area (Å²) in [6.07, 6.45) is 2.43. The largest absolute Gasteiger partial charge is 0.478 e. The van der Waals surface area contributed by atoms with Gasteiger partial charge in [0, 0.05) is 25.7 Å². The van der Waals surface area contributed by atoms with Crippen molar-refractivity contribution in [1.82, 2.24) is 20.6 Å². The quantitative estimate of drug-likeness (QED) is 0.239. The van der Waals surface area contributed by atoms with Gasteiger partial charge in [-0.2, -0.15) is 0 Å². The van der Waals surface area contributed by atoms with Gasteiger partial charge in [-0.05, 0) is 59.2 Å². The highest BCUT2D eigenvalue weighted by Crippen LogP contribution is 2.35. The Hall–Kier alpha value is -5.39. The summed E-state index contributed by atoms with van der Waals surface area (Å²) in [5.74, 6) is -1.93. The third kappa shape index (κ3) is 4.56. The number of hydrogen-bond donors (Lipinski definition) is 4. The molecule has 42 heavy (non-hydrogen) atoms. The highest BCUT2D eigenvalue weighted by atomic mass is 16.4. The maximum absolute atomic E-state index is 13.0. The Balaban J connectivity index is 1.09. The van der Waals surface area contributed by atoms with E-state index in [0.29, 0.717) is 31.5 Å². The monoisotopic (exact) mass is 566 g/mol. The van der Waals surface area contributed by atoms with Crippen LogP contribution in [0.3, 0.4) is 0 Å². The van der Waals surface area contributed by atoms with Gasteiger partial charge in [0.1, 0.15) is 29.1 Å². The van der Waals surface area contributed by atoms with E-state index >= 15 is 0 Å². The Morgan fingerprint density at radius 3 is 2.48 bits per heavy atom. The number of aromatic carboxylic acids is 1. The van der Waals surface area contributed by atoms with Crippen molar-refractivity contribution in [2.75, 3.05) is 10.6 Å². The highest BCUT2D eigenvalue weighted by Gasteiger charge is 2.30. The van der Waals surface area contributed by atoms with Crippen LogP contribution in [0, 0.1) is 6.92 Å². The Labute approximate surface area is 238 Å². The molecule has 1 aromatic heterocycles. The van der Waals surface area contributed by atoms with E-state index in [-0.39, 0.29) is 40.9 Å². The average molecular weight is 567 g/mol. The molecule has 0 unspecified atom stereocenters. The lowest BCUT2D eigenvalue weighted by Crippen LogP contribution is -2.40. The van der Waals surface area contributed by atoms with E-state index in [9.17, 15) is 29.1 Å². The van der Waals surface area contributed by atoms with Crippen molar-refractivity contribution >= 4 is 29.2 Å². The van der Waals surface area contributed by atoms with Crippen molar-refractivity contribution in [3.8, 4) is 0 Å². The summed E-state index contributed by atoms with van der Waals surface area (Å²) in [5.41, 5.74) is 10.4. The SMILES string of the molecule is Cc1c(C(=O)O)ccc2c1CC[C@@H]2NC(=O)c1cc(C(=O)NCc2ccc3c(c2)CN(c2c(N)c(=O)c2=O)C3)ncn1. The van der Waals surface area contributed by atoms with Crippen LogP contribution in [-0.2, 0) is 26.1 Å². The topological polar surface area (TPSA) is 185 Å². The summed E-state index contributed by atoms with van der Waals surface area (Å²) < 4.78 is 0. The number of amides is 2. The predicted molar refractivity (Wildman–Crippen MR) is 152 cm³/mol. The molecule has 0 fully saturated rings. The molecular weight excluding hydrogens is 540 g/mol. The molecule has 1 aliphatic heterocycles. The van der Waals surface area contributed by atoms with Crippen molar-refractivity contribution in [2.24, 2.45) is 0 Å². The molecule has 6 rings (SSSR count). The molecule has 0 bridgehead atoms. The lowest BCUT2D eigenvalue weighted by molar-refractivity contribution is 0.0695. The summed E-state index contributed by atoms with van der Waals surface area (Å²) >= 11 is 0. The van der Waals surface area contributed by atoms with Gasteiger partial charge in [0.05, 0.1) is 11.6 Å². The molecule has 2 aliphatic rings. The van der Waals surface area contributed by atoms with Crippen LogP contribution >= 0.6 is 0 Å². The van der Waals surface area contributed by atoms with Crippen molar-refractivity contribution < 1.29 is 19.5 Å². The Morgan fingerprint density at radius 1 is 1.00 bits per heavy atom. The third-order valence-electron chi connectivity index (χ3n) is 8.04. The first-order chi connectivity index (χ1) is 20.1. The number of carbonyl (C=O) groups is 3. The number of benzene rings is 2. The van der Waals surface area contributed by atoms with Gasteiger partial charge in [-0.25, -0.2) is 14.8 Å². The average Bonchev–Trinajstić information content (AvgIpc) is 3.59. The molecule has 12 nitrogen and oxygen atoms in total. The first-order valence-corrected chi connectivity index (χ1v) is 13.3. The Bertz CT molecular complexity index is 1880. The van der Waals surface area contributed by atoms with Crippen LogP contribution in [0.15, 0.2) is 52.3 Å². The normalized spacial score (nSPS) is 15.4. The number of carboxylic acids is 1. The van der Waals surface area contributed by atoms with Gasteiger partial charge in [-0.3, -0.25) is 19.2 Å². The van der Waals surface area contributed by atoms with Gasteiger partial charge in [-0.1, -0.05) is 24.3 Å². The second-order valence-corrected chi connectivity index (χ2v) is 10.5. The highest BCUT2D eigenvalue weighted by molar-refractivity contribution is 5.97. The van der Waals surface area contributed by atoms with Crippen LogP contribution in [0.25, 0.3) is 0 Å². The molecule has 5 N–H and O–H groups in total. The molecule has 2 amide bonds. The van der Waals surface area contributed by atoms with Gasteiger partial charge in [0.25, 0.3) is 22.7 Å². The minimum atomic E-state index is -0.985. The number of nitrogens with one attached hydrogen (secondary N) is 2. The minimum Gasteiger partial charge on any atom is -0.478 e. The van der Waals surface area contributed by atoms with Gasteiger partial charge in [0.2, 0.25) is 0 Å². The number of carboxylic acid groups (broad SMARTS) is 1. The minimum absolute atomic E-state index is 0.00400. The standard InChI is InChI=1S/C30H26N6O6/c1-14-18-6-7-21(20(18)5-4-19(14)30(41)42)35-29(40)23-9-22(33-13-34-23)28(39)32-10-15-2-3-16-11-36(12-17(16)8-15)25-24(31)26(37)27(25)38/h2-5,8-9,13,21H,6-7,10-12,31H2,1H3,(H,32,39)(H,35,40)(H,41,42)/t21-/m0/s1. The van der Waals surface area contributed by atoms with Crippen molar-refractivity contribution in [3.05, 3.63) is 114 Å². The van der Waals surface area contributed by atoms with E-state index in [1.807, 2.05) is 18.2 Å². The van der Waals surface area contributed by atoms with Crippen molar-refractivity contribution in [2.45, 2.75) is 45.4 Å². The number of rotatable bonds is 7. The van der Waals surface area contributed by atoms with Crippen LogP contribution < -0.4 is 32.1 Å². The molecule has 0 radical (unpaired) electrons. The number of carbonyl (C=O) groups excluding carboxylic acids is 2. The second-order valence-electron chi connectivity index (χ2n) is 10.5. The molecule has 3 aromatic carbocycles. The van der Waals surface area contributed by atoms with E-state index in [1.165, 1.54) is 6.07 Å². The van der Waals surface area contributed by atoms with E-state index in [1.54, 1.807) is 24.0 Å². The maximum Gasteiger partial charge on any atom is 0.335 e. The molecule has 2 heterocycles. The van der Waals surface area contributed by atoms with E-state index in [2.05, 4.69) is 20.6 Å². The molecule has 0 saturated carbocycles. The zero-order chi connectivity index (χ0) is 29.7. The van der Waals surface area contributed by atoms with Gasteiger partial charge >= 0.3 is 5.97 Å². The van der Waals surface area contributed by atoms with Crippen LogP contribution in [0.4, 0.5) is 11.4 Å². The van der Waals surface area contributed by atoms with Crippen LogP contribution in [0.5, 0.6) is 0 Å². The molecule has 4 aromatic rings. The summed E-state index contributed by atoms with van der Waals surface area (Å²) in [7, 11) is 0. The fraction of sp³-hybridized carbons (Fsp3) is 0.233. The van der Waals surface area contributed by atoms with Crippen LogP contribution in [0.1, 0.15) is 77.2 Å². The van der Waals surface area contributed by atoms with Gasteiger partial charge in [-0.15, -0.1) is 0 Å². The van der Waals surface area contributed by atoms with Gasteiger partial charge < -0.3 is 26.4 Å². The number of nitrogen functional groups attached to an aromatic ring is 1. The molecule has 212 valence electrons. The first-order valence-electron chi connectivity index (χ1n) is 13.3. The van der Waals surface area contributed by atoms with E-state index in [4.69, 9.17) is 5.73 Å². The van der Waals surface area contributed by atoms with Crippen molar-refractivity contribution in [1.29, 1.82) is 0 Å². The summed E-state index contributed by atoms with van der Waals surface area (Å²) in [4.78, 5) is 70.6. The number of fused-ring (bicyclic) bond motifs is 2. The van der Waals surface area contributed by atoms with E-state index < -0.39 is 28.6 Å². The summed E-state index contributed by atoms with van der Waals surface area (Å²) in [6.45, 7) is 2.88. The summed E-state index contributed by atoms with van der Waals surface area (Å²) in [5, 5.41) is 15.1. The second kappa shape index (κ2) is 10.2. The van der Waals surface area contributed by atoms with Gasteiger partial charge in [0.15, 0.2) is 0 Å². The number of aromatic nitrogens is 2. The Morgan fingerprint density at radius 2 is 1.74 bits per heavy atom. The lowest BCUT2D eigenvalue weighted by Gasteiger charge is -2.19. The molecular formula is C30H26N6O6.